The minimum absolute atomic E-state index is 0.938. The highest BCUT2D eigenvalue weighted by Crippen LogP contribution is 1.93. The second-order valence-electron chi connectivity index (χ2n) is 3.04. The molecule has 0 aromatic carbocycles. The van der Waals surface area contributed by atoms with Gasteiger partial charge >= 0.3 is 0 Å². The van der Waals surface area contributed by atoms with Crippen molar-refractivity contribution in [1.82, 2.24) is 0 Å². The maximum atomic E-state index is 5.36. The molecule has 0 radical (unpaired) electrons. The summed E-state index contributed by atoms with van der Waals surface area (Å²) in [6.07, 6.45) is 9.44. The molecule has 0 bridgehead atoms. The molecule has 0 amide bonds. The smallest absolute Gasteiger partial charge is 0.0428 e. The molecule has 0 fully saturated rings. The highest BCUT2D eigenvalue weighted by molar-refractivity contribution is 7.07. The van der Waals surface area contributed by atoms with E-state index < -0.39 is 0 Å². The Balaban J connectivity index is 3.37. The molecule has 0 aliphatic heterocycles. The first-order valence-electron chi connectivity index (χ1n) is 4.03. The minimum Gasteiger partial charge on any atom is -0.143 e. The third kappa shape index (κ3) is 2.34. The number of allylic oxidation sites excluding steroid dienone is 2. The Morgan fingerprint density at radius 1 is 1.62 bits per heavy atom. The zero-order valence-electron chi connectivity index (χ0n) is 7.92. The molecule has 0 unspecified atom stereocenters. The van der Waals surface area contributed by atoms with Crippen molar-refractivity contribution >= 4 is 24.0 Å². The monoisotopic (exact) mass is 188 g/mol. The maximum absolute atomic E-state index is 5.36. The Morgan fingerprint density at radius 3 is 2.85 bits per heavy atom. The van der Waals surface area contributed by atoms with Gasteiger partial charge in [0.05, 0.1) is 0 Å². The molecule has 0 aliphatic rings. The Kier molecular flexibility index (Phi) is 3.11. The van der Waals surface area contributed by atoms with E-state index in [1.807, 2.05) is 11.5 Å². The van der Waals surface area contributed by atoms with E-state index in [1.54, 1.807) is 11.3 Å². The van der Waals surface area contributed by atoms with Crippen molar-refractivity contribution in [2.45, 2.75) is 13.8 Å². The Morgan fingerprint density at radius 2 is 2.31 bits per heavy atom. The van der Waals surface area contributed by atoms with Gasteiger partial charge in [-0.1, -0.05) is 30.2 Å². The van der Waals surface area contributed by atoms with Crippen LogP contribution in [0.15, 0.2) is 17.0 Å². The first-order chi connectivity index (χ1) is 6.15. The fraction of sp³-hybridized carbons (Fsp3) is 0.167. The van der Waals surface area contributed by atoms with Crippen LogP contribution >= 0.6 is 11.3 Å². The zero-order valence-corrected chi connectivity index (χ0v) is 8.74. The fourth-order valence-corrected chi connectivity index (χ4v) is 1.71. The van der Waals surface area contributed by atoms with Crippen LogP contribution in [0.5, 0.6) is 0 Å². The van der Waals surface area contributed by atoms with E-state index in [1.165, 1.54) is 5.57 Å². The summed E-state index contributed by atoms with van der Waals surface area (Å²) < 4.78 is 1.03. The van der Waals surface area contributed by atoms with E-state index in [2.05, 4.69) is 32.4 Å². The lowest BCUT2D eigenvalue weighted by Crippen LogP contribution is -2.18. The van der Waals surface area contributed by atoms with E-state index >= 15 is 0 Å². The van der Waals surface area contributed by atoms with Gasteiger partial charge in [-0.3, -0.25) is 0 Å². The summed E-state index contributed by atoms with van der Waals surface area (Å²) in [6.45, 7) is 8.04. The lowest BCUT2D eigenvalue weighted by molar-refractivity contribution is 1.40. The van der Waals surface area contributed by atoms with Crippen LogP contribution in [0.2, 0.25) is 0 Å². The molecule has 1 aromatic heterocycles. The summed E-state index contributed by atoms with van der Waals surface area (Å²) in [5, 5.41) is 3.04. The second kappa shape index (κ2) is 4.11. The van der Waals surface area contributed by atoms with Gasteiger partial charge in [-0.15, -0.1) is 17.8 Å². The lowest BCUT2D eigenvalue weighted by atomic mass is 10.2. The summed E-state index contributed by atoms with van der Waals surface area (Å²) in [5.41, 5.74) is 2.20. The number of hydrogen-bond acceptors (Lipinski definition) is 1. The molecular weight excluding hydrogens is 176 g/mol. The summed E-state index contributed by atoms with van der Waals surface area (Å²) in [6, 6.07) is 0. The van der Waals surface area contributed by atoms with Crippen molar-refractivity contribution in [3.63, 3.8) is 0 Å². The van der Waals surface area contributed by atoms with Gasteiger partial charge in [0.1, 0.15) is 0 Å². The molecular formula is C12H12S. The number of rotatable bonds is 1. The van der Waals surface area contributed by atoms with Gasteiger partial charge in [0, 0.05) is 20.7 Å². The molecule has 66 valence electrons. The predicted octanol–water partition coefficient (Wildman–Crippen LogP) is 1.89. The van der Waals surface area contributed by atoms with Gasteiger partial charge < -0.3 is 0 Å². The number of hydrogen-bond donors (Lipinski definition) is 0. The van der Waals surface area contributed by atoms with Gasteiger partial charge in [-0.25, -0.2) is 0 Å². The van der Waals surface area contributed by atoms with Crippen molar-refractivity contribution in [1.29, 1.82) is 0 Å². The van der Waals surface area contributed by atoms with E-state index in [0.717, 1.165) is 15.3 Å². The van der Waals surface area contributed by atoms with Gasteiger partial charge in [0.15, 0.2) is 0 Å². The van der Waals surface area contributed by atoms with Gasteiger partial charge in [-0.2, -0.15) is 0 Å². The average Bonchev–Trinajstić information content (AvgIpc) is 2.43. The summed E-state index contributed by atoms with van der Waals surface area (Å²) in [4.78, 5) is 0. The van der Waals surface area contributed by atoms with Crippen molar-refractivity contribution in [2.24, 2.45) is 0 Å². The van der Waals surface area contributed by atoms with Crippen LogP contribution in [0.1, 0.15) is 19.4 Å². The first-order valence-corrected chi connectivity index (χ1v) is 4.91. The summed E-state index contributed by atoms with van der Waals surface area (Å²) >= 11 is 1.59. The van der Waals surface area contributed by atoms with E-state index in [4.69, 9.17) is 6.42 Å². The van der Waals surface area contributed by atoms with E-state index in [9.17, 15) is 0 Å². The molecule has 1 rings (SSSR count). The van der Waals surface area contributed by atoms with Gasteiger partial charge in [0.25, 0.3) is 0 Å². The van der Waals surface area contributed by atoms with Crippen LogP contribution < -0.4 is 9.75 Å². The molecule has 0 nitrogen and oxygen atoms in total. The topological polar surface area (TPSA) is 0 Å². The van der Waals surface area contributed by atoms with Crippen LogP contribution in [0, 0.1) is 12.3 Å². The fourth-order valence-electron chi connectivity index (χ4n) is 0.952. The molecule has 1 aromatic rings. The molecule has 0 N–H and O–H groups in total. The standard InChI is InChI=1S/C12H12S/c1-5-11-8-13-10(4)12(11)7-6-9(2)3/h1,6-8H,4H2,2-3H3/b12-7+. The van der Waals surface area contributed by atoms with Crippen LogP contribution in [-0.4, -0.2) is 0 Å². The molecule has 1 heteroatoms. The quantitative estimate of drug-likeness (QED) is 0.590. The Labute approximate surface area is 82.9 Å². The lowest BCUT2D eigenvalue weighted by Gasteiger charge is -1.83. The van der Waals surface area contributed by atoms with Crippen molar-refractivity contribution < 1.29 is 0 Å². The second-order valence-corrected chi connectivity index (χ2v) is 4.01. The SMILES string of the molecule is C#Cc1csc(=C)/c1=C\C=C(C)C. The van der Waals surface area contributed by atoms with Crippen LogP contribution in [0.25, 0.3) is 12.7 Å². The normalized spacial score (nSPS) is 11.0. The molecule has 1 heterocycles. The summed E-state index contributed by atoms with van der Waals surface area (Å²) in [7, 11) is 0. The van der Waals surface area contributed by atoms with Crippen molar-refractivity contribution in [3.8, 4) is 12.3 Å². The highest BCUT2D eigenvalue weighted by atomic mass is 32.1. The molecule has 0 saturated heterocycles. The number of thiophene rings is 1. The molecule has 0 aliphatic carbocycles. The minimum atomic E-state index is 0.938. The Hall–Kier alpha value is -1.26. The molecule has 0 saturated carbocycles. The van der Waals surface area contributed by atoms with Gasteiger partial charge in [-0.05, 0) is 13.8 Å². The van der Waals surface area contributed by atoms with Crippen LogP contribution in [0.3, 0.4) is 0 Å². The van der Waals surface area contributed by atoms with Crippen LogP contribution in [0.4, 0.5) is 0 Å². The van der Waals surface area contributed by atoms with Crippen molar-refractivity contribution in [2.75, 3.05) is 0 Å². The van der Waals surface area contributed by atoms with E-state index in [0.29, 0.717) is 0 Å². The van der Waals surface area contributed by atoms with Crippen molar-refractivity contribution in [3.05, 3.63) is 32.3 Å². The summed E-state index contributed by atoms with van der Waals surface area (Å²) in [5.74, 6) is 2.65. The average molecular weight is 188 g/mol. The maximum Gasteiger partial charge on any atom is 0.0428 e. The molecule has 13 heavy (non-hydrogen) atoms. The third-order valence-corrected chi connectivity index (χ3v) is 2.51. The molecule has 0 atom stereocenters. The zero-order chi connectivity index (χ0) is 9.84. The third-order valence-electron chi connectivity index (χ3n) is 1.65. The first kappa shape index (κ1) is 9.83. The number of terminal acetylenes is 1. The molecule has 0 spiro atoms. The van der Waals surface area contributed by atoms with Gasteiger partial charge in [0.2, 0.25) is 0 Å². The Bertz CT molecular complexity index is 462. The largest absolute Gasteiger partial charge is 0.143 e. The van der Waals surface area contributed by atoms with E-state index in [-0.39, 0.29) is 0 Å². The predicted molar refractivity (Wildman–Crippen MR) is 60.9 cm³/mol. The van der Waals surface area contributed by atoms with Crippen LogP contribution in [-0.2, 0) is 0 Å². The highest BCUT2D eigenvalue weighted by Gasteiger charge is 1.92.